The minimum atomic E-state index is -2.94. The third-order valence-electron chi connectivity index (χ3n) is 4.80. The number of ether oxygens (including phenoxy) is 1. The van der Waals surface area contributed by atoms with Crippen molar-refractivity contribution in [1.82, 2.24) is 14.2 Å². The number of imidazole rings is 1. The van der Waals surface area contributed by atoms with E-state index in [4.69, 9.17) is 0 Å². The highest BCUT2D eigenvalue weighted by atomic mass is 19.3. The third-order valence-corrected chi connectivity index (χ3v) is 4.80. The Morgan fingerprint density at radius 3 is 2.60 bits per heavy atom. The van der Waals surface area contributed by atoms with Crippen LogP contribution >= 0.6 is 0 Å². The first-order chi connectivity index (χ1) is 14.5. The number of allylic oxidation sites excluding steroid dienone is 2. The molecule has 152 valence electrons. The average Bonchev–Trinajstić information content (AvgIpc) is 3.21. The smallest absolute Gasteiger partial charge is 0.387 e. The van der Waals surface area contributed by atoms with Crippen LogP contribution in [0.1, 0.15) is 21.6 Å². The van der Waals surface area contributed by atoms with Gasteiger partial charge in [-0.25, -0.2) is 4.52 Å². The van der Waals surface area contributed by atoms with Gasteiger partial charge >= 0.3 is 6.61 Å². The van der Waals surface area contributed by atoms with E-state index in [0.717, 1.165) is 11.0 Å². The number of rotatable bonds is 7. The van der Waals surface area contributed by atoms with Crippen molar-refractivity contribution in [2.75, 3.05) is 0 Å². The van der Waals surface area contributed by atoms with E-state index in [1.54, 1.807) is 35.7 Å². The number of nitrogens with zero attached hydrogens (tertiary/aromatic N) is 3. The number of alkyl halides is 2. The van der Waals surface area contributed by atoms with Gasteiger partial charge in [0.15, 0.2) is 5.78 Å². The van der Waals surface area contributed by atoms with Gasteiger partial charge in [0.1, 0.15) is 11.4 Å². The zero-order valence-electron chi connectivity index (χ0n) is 16.3. The summed E-state index contributed by atoms with van der Waals surface area (Å²) in [5.74, 6) is -0.267. The van der Waals surface area contributed by atoms with Crippen molar-refractivity contribution in [1.29, 1.82) is 0 Å². The molecule has 4 aromatic rings. The predicted octanol–water partition coefficient (Wildman–Crippen LogP) is 5.28. The van der Waals surface area contributed by atoms with E-state index in [1.165, 1.54) is 18.2 Å². The molecule has 0 saturated carbocycles. The largest absolute Gasteiger partial charge is 0.434 e. The number of carbonyl (C=O) groups excluding carboxylic acids is 1. The molecule has 2 aromatic carbocycles. The SMILES string of the molecule is C=CCn1c2ccccc2n2nc(C)c(C(=O)/C=C/c3ccccc3OC(F)F)c12. The molecule has 0 aliphatic rings. The maximum absolute atomic E-state index is 13.1. The van der Waals surface area contributed by atoms with Crippen molar-refractivity contribution in [2.24, 2.45) is 0 Å². The normalized spacial score (nSPS) is 11.7. The molecule has 0 amide bonds. The van der Waals surface area contributed by atoms with Crippen molar-refractivity contribution in [3.63, 3.8) is 0 Å². The Labute approximate surface area is 171 Å². The standard InChI is InChI=1S/C23H19F2N3O2/c1-3-14-27-17-9-5-6-10-18(17)28-22(27)21(15(2)26-28)19(29)13-12-16-8-4-7-11-20(16)30-23(24)25/h3-13,23H,1,14H2,2H3/b13-12+. The van der Waals surface area contributed by atoms with Crippen molar-refractivity contribution in [3.05, 3.63) is 84.1 Å². The van der Waals surface area contributed by atoms with Gasteiger partial charge in [0.2, 0.25) is 0 Å². The molecule has 0 aliphatic carbocycles. The van der Waals surface area contributed by atoms with Crippen LogP contribution in [0.15, 0.2) is 67.3 Å². The molecule has 0 fully saturated rings. The lowest BCUT2D eigenvalue weighted by Gasteiger charge is -2.07. The highest BCUT2D eigenvalue weighted by molar-refractivity contribution is 6.12. The fourth-order valence-electron chi connectivity index (χ4n) is 3.59. The Kier molecular flexibility index (Phi) is 5.18. The summed E-state index contributed by atoms with van der Waals surface area (Å²) in [5.41, 5.74) is 3.92. The molecule has 2 heterocycles. The second-order valence-corrected chi connectivity index (χ2v) is 6.70. The van der Waals surface area contributed by atoms with Gasteiger partial charge < -0.3 is 9.30 Å². The fourth-order valence-corrected chi connectivity index (χ4v) is 3.59. The van der Waals surface area contributed by atoms with Crippen LogP contribution in [-0.4, -0.2) is 26.6 Å². The number of aryl methyl sites for hydroxylation is 1. The molecular weight excluding hydrogens is 388 g/mol. The number of hydrogen-bond acceptors (Lipinski definition) is 3. The minimum Gasteiger partial charge on any atom is -0.434 e. The first-order valence-corrected chi connectivity index (χ1v) is 9.35. The quantitative estimate of drug-likeness (QED) is 0.238. The number of fused-ring (bicyclic) bond motifs is 3. The molecule has 0 bridgehead atoms. The zero-order chi connectivity index (χ0) is 21.3. The van der Waals surface area contributed by atoms with E-state index in [1.807, 2.05) is 28.8 Å². The number of hydrogen-bond donors (Lipinski definition) is 0. The van der Waals surface area contributed by atoms with E-state index in [9.17, 15) is 13.6 Å². The number of aromatic nitrogens is 3. The maximum atomic E-state index is 13.1. The van der Waals surface area contributed by atoms with Gasteiger partial charge in [-0.15, -0.1) is 6.58 Å². The number of para-hydroxylation sites is 3. The van der Waals surface area contributed by atoms with Crippen LogP contribution in [0.25, 0.3) is 22.8 Å². The summed E-state index contributed by atoms with van der Waals surface area (Å²) >= 11 is 0. The number of benzene rings is 2. The van der Waals surface area contributed by atoms with Crippen LogP contribution in [-0.2, 0) is 6.54 Å². The van der Waals surface area contributed by atoms with Gasteiger partial charge in [-0.05, 0) is 37.3 Å². The van der Waals surface area contributed by atoms with Gasteiger partial charge in [-0.2, -0.15) is 13.9 Å². The molecule has 0 saturated heterocycles. The summed E-state index contributed by atoms with van der Waals surface area (Å²) in [6.07, 6.45) is 4.59. The lowest BCUT2D eigenvalue weighted by atomic mass is 10.1. The zero-order valence-corrected chi connectivity index (χ0v) is 16.3. The van der Waals surface area contributed by atoms with Crippen molar-refractivity contribution in [3.8, 4) is 5.75 Å². The molecule has 7 heteroatoms. The highest BCUT2D eigenvalue weighted by Crippen LogP contribution is 2.27. The van der Waals surface area contributed by atoms with Crippen LogP contribution < -0.4 is 4.74 Å². The Balaban J connectivity index is 1.80. The number of ketones is 1. The lowest BCUT2D eigenvalue weighted by molar-refractivity contribution is -0.0499. The number of carbonyl (C=O) groups is 1. The maximum Gasteiger partial charge on any atom is 0.387 e. The Morgan fingerprint density at radius 2 is 1.87 bits per heavy atom. The topological polar surface area (TPSA) is 48.5 Å². The molecule has 0 aliphatic heterocycles. The Hall–Kier alpha value is -3.74. The monoisotopic (exact) mass is 407 g/mol. The van der Waals surface area contributed by atoms with Crippen molar-refractivity contribution in [2.45, 2.75) is 20.1 Å². The third kappa shape index (κ3) is 3.39. The van der Waals surface area contributed by atoms with Crippen LogP contribution in [0.3, 0.4) is 0 Å². The first kappa shape index (κ1) is 19.6. The minimum absolute atomic E-state index is 0.00851. The van der Waals surface area contributed by atoms with Gasteiger partial charge in [-0.3, -0.25) is 4.79 Å². The fraction of sp³-hybridized carbons (Fsp3) is 0.130. The Morgan fingerprint density at radius 1 is 1.17 bits per heavy atom. The van der Waals surface area contributed by atoms with E-state index < -0.39 is 6.61 Å². The number of halogens is 2. The van der Waals surface area contributed by atoms with Gasteiger partial charge in [0, 0.05) is 12.1 Å². The summed E-state index contributed by atoms with van der Waals surface area (Å²) in [6, 6.07) is 14.1. The molecule has 0 N–H and O–H groups in total. The van der Waals surface area contributed by atoms with Crippen LogP contribution in [0, 0.1) is 6.92 Å². The molecule has 0 atom stereocenters. The van der Waals surface area contributed by atoms with E-state index in [0.29, 0.717) is 29.0 Å². The summed E-state index contributed by atoms with van der Waals surface area (Å²) in [7, 11) is 0. The molecule has 4 rings (SSSR count). The Bertz CT molecular complexity index is 1280. The summed E-state index contributed by atoms with van der Waals surface area (Å²) in [4.78, 5) is 13.1. The van der Waals surface area contributed by atoms with Crippen molar-refractivity contribution < 1.29 is 18.3 Å². The van der Waals surface area contributed by atoms with Crippen LogP contribution in [0.5, 0.6) is 5.75 Å². The van der Waals surface area contributed by atoms with E-state index in [-0.39, 0.29) is 11.5 Å². The van der Waals surface area contributed by atoms with Crippen LogP contribution in [0.4, 0.5) is 8.78 Å². The highest BCUT2D eigenvalue weighted by Gasteiger charge is 2.22. The average molecular weight is 407 g/mol. The summed E-state index contributed by atoms with van der Waals surface area (Å²) in [6.45, 7) is 3.16. The molecule has 0 spiro atoms. The molecule has 0 radical (unpaired) electrons. The van der Waals surface area contributed by atoms with Crippen molar-refractivity contribution >= 4 is 28.5 Å². The summed E-state index contributed by atoms with van der Waals surface area (Å²) < 4.78 is 33.5. The van der Waals surface area contributed by atoms with Gasteiger partial charge in [0.25, 0.3) is 0 Å². The molecule has 0 unspecified atom stereocenters. The second kappa shape index (κ2) is 7.94. The molecular formula is C23H19F2N3O2. The van der Waals surface area contributed by atoms with Gasteiger partial charge in [-0.1, -0.05) is 36.4 Å². The lowest BCUT2D eigenvalue weighted by Crippen LogP contribution is -2.04. The summed E-state index contributed by atoms with van der Waals surface area (Å²) in [5, 5.41) is 4.56. The molecule has 30 heavy (non-hydrogen) atoms. The predicted molar refractivity (Wildman–Crippen MR) is 112 cm³/mol. The molecule has 2 aromatic heterocycles. The van der Waals surface area contributed by atoms with Crippen LogP contribution in [0.2, 0.25) is 0 Å². The second-order valence-electron chi connectivity index (χ2n) is 6.70. The van der Waals surface area contributed by atoms with E-state index in [2.05, 4.69) is 16.4 Å². The molecule has 5 nitrogen and oxygen atoms in total. The van der Waals surface area contributed by atoms with Gasteiger partial charge in [0.05, 0.1) is 22.3 Å². The first-order valence-electron chi connectivity index (χ1n) is 9.35. The van der Waals surface area contributed by atoms with E-state index >= 15 is 0 Å².